The number of anilines is 1. The van der Waals surface area contributed by atoms with E-state index in [-0.39, 0.29) is 17.2 Å². The lowest BCUT2D eigenvalue weighted by Crippen LogP contribution is -2.17. The van der Waals surface area contributed by atoms with Gasteiger partial charge in [-0.3, -0.25) is 0 Å². The van der Waals surface area contributed by atoms with Gasteiger partial charge in [-0.15, -0.1) is 0 Å². The number of aliphatic hydroxyl groups is 1. The molecule has 1 heterocycles. The standard InChI is InChI=1S/C12H14F3NOS/c13-12(14,15)9-3-1-2-8(10(9)16)11(17)7-4-5-18-6-7/h1-3,7,11,17H,4-6,16H2. The molecular weight excluding hydrogens is 263 g/mol. The van der Waals surface area contributed by atoms with E-state index in [0.717, 1.165) is 24.0 Å². The van der Waals surface area contributed by atoms with E-state index in [0.29, 0.717) is 0 Å². The molecular formula is C12H14F3NOS. The molecule has 2 unspecified atom stereocenters. The third-order valence-corrected chi connectivity index (χ3v) is 4.36. The minimum Gasteiger partial charge on any atom is -0.398 e. The molecule has 2 rings (SSSR count). The molecule has 0 radical (unpaired) electrons. The minimum absolute atomic E-state index is 0.0132. The van der Waals surface area contributed by atoms with E-state index >= 15 is 0 Å². The van der Waals surface area contributed by atoms with Gasteiger partial charge in [0.05, 0.1) is 11.7 Å². The Morgan fingerprint density at radius 3 is 2.67 bits per heavy atom. The molecule has 6 heteroatoms. The second-order valence-corrected chi connectivity index (χ2v) is 5.52. The van der Waals surface area contributed by atoms with Crippen molar-refractivity contribution in [2.75, 3.05) is 17.2 Å². The highest BCUT2D eigenvalue weighted by atomic mass is 32.2. The molecule has 0 aromatic heterocycles. The Kier molecular flexibility index (Phi) is 3.77. The molecule has 18 heavy (non-hydrogen) atoms. The van der Waals surface area contributed by atoms with Gasteiger partial charge in [0.15, 0.2) is 0 Å². The highest BCUT2D eigenvalue weighted by molar-refractivity contribution is 7.99. The minimum atomic E-state index is -4.48. The average molecular weight is 277 g/mol. The average Bonchev–Trinajstić information content (AvgIpc) is 2.80. The lowest BCUT2D eigenvalue weighted by molar-refractivity contribution is -0.137. The normalized spacial score (nSPS) is 22.1. The largest absolute Gasteiger partial charge is 0.418 e. The van der Waals surface area contributed by atoms with Crippen molar-refractivity contribution < 1.29 is 18.3 Å². The van der Waals surface area contributed by atoms with E-state index in [9.17, 15) is 18.3 Å². The van der Waals surface area contributed by atoms with Crippen LogP contribution in [0.25, 0.3) is 0 Å². The summed E-state index contributed by atoms with van der Waals surface area (Å²) in [6.07, 6.45) is -4.59. The number of thioether (sulfide) groups is 1. The number of halogens is 3. The van der Waals surface area contributed by atoms with Crippen LogP contribution in [0.1, 0.15) is 23.7 Å². The number of hydrogen-bond acceptors (Lipinski definition) is 3. The SMILES string of the molecule is Nc1c(C(O)C2CCSC2)cccc1C(F)(F)F. The summed E-state index contributed by atoms with van der Waals surface area (Å²) < 4.78 is 38.1. The summed E-state index contributed by atoms with van der Waals surface area (Å²) in [5, 5.41) is 10.1. The number of aliphatic hydroxyl groups excluding tert-OH is 1. The molecule has 2 atom stereocenters. The summed E-state index contributed by atoms with van der Waals surface area (Å²) in [5.41, 5.74) is 4.52. The fraction of sp³-hybridized carbons (Fsp3) is 0.500. The molecule has 2 nitrogen and oxygen atoms in total. The lowest BCUT2D eigenvalue weighted by Gasteiger charge is -2.21. The van der Waals surface area contributed by atoms with Crippen molar-refractivity contribution in [3.8, 4) is 0 Å². The monoisotopic (exact) mass is 277 g/mol. The van der Waals surface area contributed by atoms with Gasteiger partial charge in [-0.2, -0.15) is 24.9 Å². The molecule has 1 aliphatic heterocycles. The van der Waals surface area contributed by atoms with Crippen LogP contribution in [0.4, 0.5) is 18.9 Å². The van der Waals surface area contributed by atoms with Crippen molar-refractivity contribution in [3.05, 3.63) is 29.3 Å². The third kappa shape index (κ3) is 2.59. The summed E-state index contributed by atoms with van der Waals surface area (Å²) in [6.45, 7) is 0. The Labute approximate surface area is 107 Å². The molecule has 1 aromatic carbocycles. The van der Waals surface area contributed by atoms with Crippen molar-refractivity contribution in [3.63, 3.8) is 0 Å². The van der Waals surface area contributed by atoms with Crippen LogP contribution in [0, 0.1) is 5.92 Å². The van der Waals surface area contributed by atoms with E-state index in [2.05, 4.69) is 0 Å². The Morgan fingerprint density at radius 2 is 2.11 bits per heavy atom. The zero-order valence-electron chi connectivity index (χ0n) is 9.57. The Balaban J connectivity index is 2.33. The molecule has 1 aliphatic rings. The van der Waals surface area contributed by atoms with Crippen LogP contribution in [-0.2, 0) is 6.18 Å². The molecule has 1 fully saturated rings. The van der Waals surface area contributed by atoms with Gasteiger partial charge in [0.1, 0.15) is 0 Å². The number of para-hydroxylation sites is 1. The quantitative estimate of drug-likeness (QED) is 0.817. The number of nitrogen functional groups attached to an aromatic ring is 1. The van der Waals surface area contributed by atoms with Crippen molar-refractivity contribution in [1.82, 2.24) is 0 Å². The predicted molar refractivity (Wildman–Crippen MR) is 66.2 cm³/mol. The second kappa shape index (κ2) is 5.01. The molecule has 0 amide bonds. The summed E-state index contributed by atoms with van der Waals surface area (Å²) in [5.74, 6) is 1.68. The smallest absolute Gasteiger partial charge is 0.398 e. The van der Waals surface area contributed by atoms with Crippen LogP contribution in [-0.4, -0.2) is 16.6 Å². The first-order valence-electron chi connectivity index (χ1n) is 5.62. The summed E-state index contributed by atoms with van der Waals surface area (Å²) in [4.78, 5) is 0. The third-order valence-electron chi connectivity index (χ3n) is 3.18. The van der Waals surface area contributed by atoms with E-state index in [1.807, 2.05) is 0 Å². The van der Waals surface area contributed by atoms with E-state index in [4.69, 9.17) is 5.73 Å². The van der Waals surface area contributed by atoms with E-state index in [1.54, 1.807) is 11.8 Å². The first-order chi connectivity index (χ1) is 8.41. The fourth-order valence-electron chi connectivity index (χ4n) is 2.14. The van der Waals surface area contributed by atoms with E-state index < -0.39 is 17.8 Å². The first kappa shape index (κ1) is 13.5. The maximum atomic E-state index is 12.7. The molecule has 100 valence electrons. The highest BCUT2D eigenvalue weighted by Crippen LogP contribution is 2.40. The van der Waals surface area contributed by atoms with Gasteiger partial charge in [0.2, 0.25) is 0 Å². The molecule has 3 N–H and O–H groups in total. The number of hydrogen-bond donors (Lipinski definition) is 2. The maximum Gasteiger partial charge on any atom is 0.418 e. The molecule has 0 saturated carbocycles. The van der Waals surface area contributed by atoms with Gasteiger partial charge in [-0.05, 0) is 29.9 Å². The van der Waals surface area contributed by atoms with Crippen molar-refractivity contribution in [1.29, 1.82) is 0 Å². The van der Waals surface area contributed by atoms with Crippen LogP contribution >= 0.6 is 11.8 Å². The second-order valence-electron chi connectivity index (χ2n) is 4.37. The Hall–Kier alpha value is -0.880. The first-order valence-corrected chi connectivity index (χ1v) is 6.78. The summed E-state index contributed by atoms with van der Waals surface area (Å²) >= 11 is 1.70. The molecule has 0 spiro atoms. The van der Waals surface area contributed by atoms with Crippen LogP contribution < -0.4 is 5.73 Å². The van der Waals surface area contributed by atoms with Gasteiger partial charge in [0, 0.05) is 11.3 Å². The van der Waals surface area contributed by atoms with Crippen molar-refractivity contribution >= 4 is 17.4 Å². The Morgan fingerprint density at radius 1 is 1.39 bits per heavy atom. The van der Waals surface area contributed by atoms with Gasteiger partial charge in [0.25, 0.3) is 0 Å². The molecule has 0 bridgehead atoms. The summed E-state index contributed by atoms with van der Waals surface area (Å²) in [6, 6.07) is 3.70. The van der Waals surface area contributed by atoms with E-state index in [1.165, 1.54) is 12.1 Å². The lowest BCUT2D eigenvalue weighted by atomic mass is 9.92. The van der Waals surface area contributed by atoms with Crippen molar-refractivity contribution in [2.45, 2.75) is 18.7 Å². The maximum absolute atomic E-state index is 12.7. The Bertz CT molecular complexity index is 430. The van der Waals surface area contributed by atoms with Crippen LogP contribution in [0.3, 0.4) is 0 Å². The molecule has 1 saturated heterocycles. The fourth-order valence-corrected chi connectivity index (χ4v) is 3.43. The van der Waals surface area contributed by atoms with Gasteiger partial charge in [-0.25, -0.2) is 0 Å². The van der Waals surface area contributed by atoms with Gasteiger partial charge in [-0.1, -0.05) is 12.1 Å². The number of rotatable bonds is 2. The van der Waals surface area contributed by atoms with Crippen LogP contribution in [0.2, 0.25) is 0 Å². The van der Waals surface area contributed by atoms with Gasteiger partial charge >= 0.3 is 6.18 Å². The van der Waals surface area contributed by atoms with Crippen molar-refractivity contribution in [2.24, 2.45) is 5.92 Å². The number of nitrogens with two attached hydrogens (primary N) is 1. The zero-order valence-corrected chi connectivity index (χ0v) is 10.4. The number of benzene rings is 1. The highest BCUT2D eigenvalue weighted by Gasteiger charge is 2.35. The van der Waals surface area contributed by atoms with Crippen LogP contribution in [0.5, 0.6) is 0 Å². The number of alkyl halides is 3. The van der Waals surface area contributed by atoms with Crippen LogP contribution in [0.15, 0.2) is 18.2 Å². The zero-order chi connectivity index (χ0) is 13.3. The predicted octanol–water partition coefficient (Wildman–Crippen LogP) is 3.07. The van der Waals surface area contributed by atoms with Gasteiger partial charge < -0.3 is 10.8 Å². The molecule has 1 aromatic rings. The summed E-state index contributed by atoms with van der Waals surface area (Å²) in [7, 11) is 0. The molecule has 0 aliphatic carbocycles. The topological polar surface area (TPSA) is 46.2 Å².